The maximum Gasteiger partial charge on any atom is 0.263 e. The van der Waals surface area contributed by atoms with E-state index in [-0.39, 0.29) is 17.7 Å². The van der Waals surface area contributed by atoms with Crippen molar-refractivity contribution in [2.75, 3.05) is 18.4 Å². The van der Waals surface area contributed by atoms with Crippen molar-refractivity contribution in [3.05, 3.63) is 34.7 Å². The number of carbonyl (C=O) groups is 2. The minimum Gasteiger partial charge on any atom is -0.338 e. The fourth-order valence-electron chi connectivity index (χ4n) is 2.61. The Balaban J connectivity index is 1.53. The lowest BCUT2D eigenvalue weighted by Gasteiger charge is -2.30. The zero-order chi connectivity index (χ0) is 15.5. The zero-order valence-electron chi connectivity index (χ0n) is 12.4. The number of nitrogens with zero attached hydrogens (tertiary/aromatic N) is 3. The van der Waals surface area contributed by atoms with Crippen molar-refractivity contribution in [1.82, 2.24) is 14.7 Å². The summed E-state index contributed by atoms with van der Waals surface area (Å²) in [5, 5.41) is 8.88. The van der Waals surface area contributed by atoms with Crippen LogP contribution in [0.4, 0.5) is 5.82 Å². The molecule has 6 nitrogen and oxygen atoms in total. The third-order valence-electron chi connectivity index (χ3n) is 3.85. The molecule has 2 amide bonds. The first-order chi connectivity index (χ1) is 10.6. The Morgan fingerprint density at radius 3 is 2.68 bits per heavy atom. The average Bonchev–Trinajstić information content (AvgIpc) is 3.18. The SMILES string of the molecule is Cn1ccc(NC(=O)C2CCN(C(=O)c3cccs3)CC2)n1. The maximum atomic E-state index is 12.3. The molecule has 1 saturated heterocycles. The van der Waals surface area contributed by atoms with Crippen LogP contribution in [-0.2, 0) is 11.8 Å². The highest BCUT2D eigenvalue weighted by atomic mass is 32.1. The van der Waals surface area contributed by atoms with E-state index in [0.717, 1.165) is 4.88 Å². The van der Waals surface area contributed by atoms with Crippen LogP contribution in [-0.4, -0.2) is 39.6 Å². The van der Waals surface area contributed by atoms with E-state index in [1.165, 1.54) is 11.3 Å². The van der Waals surface area contributed by atoms with Crippen molar-refractivity contribution in [3.8, 4) is 0 Å². The number of hydrogen-bond donors (Lipinski definition) is 1. The molecule has 0 aliphatic carbocycles. The summed E-state index contributed by atoms with van der Waals surface area (Å²) in [7, 11) is 1.81. The molecule has 0 radical (unpaired) electrons. The summed E-state index contributed by atoms with van der Waals surface area (Å²) in [4.78, 5) is 27.1. The largest absolute Gasteiger partial charge is 0.338 e. The number of likely N-dealkylation sites (tertiary alicyclic amines) is 1. The molecular weight excluding hydrogens is 300 g/mol. The van der Waals surface area contributed by atoms with Crippen LogP contribution in [0.15, 0.2) is 29.8 Å². The molecule has 0 spiro atoms. The van der Waals surface area contributed by atoms with Crippen molar-refractivity contribution in [2.24, 2.45) is 13.0 Å². The predicted octanol–water partition coefficient (Wildman–Crippen LogP) is 1.97. The van der Waals surface area contributed by atoms with Crippen LogP contribution >= 0.6 is 11.3 Å². The average molecular weight is 318 g/mol. The van der Waals surface area contributed by atoms with Crippen molar-refractivity contribution in [3.63, 3.8) is 0 Å². The minimum absolute atomic E-state index is 0.0121. The standard InChI is InChI=1S/C15H18N4O2S/c1-18-7-6-13(17-18)16-14(20)11-4-8-19(9-5-11)15(21)12-3-2-10-22-12/h2-3,6-7,10-11H,4-5,8-9H2,1H3,(H,16,17,20). The number of aromatic nitrogens is 2. The molecule has 0 unspecified atom stereocenters. The smallest absolute Gasteiger partial charge is 0.263 e. The fraction of sp³-hybridized carbons (Fsp3) is 0.400. The molecule has 116 valence electrons. The predicted molar refractivity (Wildman–Crippen MR) is 84.8 cm³/mol. The summed E-state index contributed by atoms with van der Waals surface area (Å²) < 4.78 is 1.65. The van der Waals surface area contributed by atoms with Crippen LogP contribution in [0.3, 0.4) is 0 Å². The topological polar surface area (TPSA) is 67.2 Å². The van der Waals surface area contributed by atoms with Crippen LogP contribution < -0.4 is 5.32 Å². The molecule has 1 aliphatic rings. The van der Waals surface area contributed by atoms with E-state index in [1.54, 1.807) is 16.9 Å². The van der Waals surface area contributed by atoms with E-state index in [1.807, 2.05) is 29.5 Å². The Labute approximate surface area is 132 Å². The maximum absolute atomic E-state index is 12.3. The minimum atomic E-state index is -0.0607. The van der Waals surface area contributed by atoms with Gasteiger partial charge in [-0.2, -0.15) is 5.10 Å². The molecule has 1 aliphatic heterocycles. The molecular formula is C15H18N4O2S. The third-order valence-corrected chi connectivity index (χ3v) is 4.71. The molecule has 1 fully saturated rings. The van der Waals surface area contributed by atoms with Gasteiger partial charge in [0.2, 0.25) is 5.91 Å². The summed E-state index contributed by atoms with van der Waals surface area (Å²) in [6, 6.07) is 5.49. The number of rotatable bonds is 3. The van der Waals surface area contributed by atoms with E-state index < -0.39 is 0 Å². The first-order valence-electron chi connectivity index (χ1n) is 7.27. The van der Waals surface area contributed by atoms with Gasteiger partial charge in [0.1, 0.15) is 0 Å². The van der Waals surface area contributed by atoms with Gasteiger partial charge in [0.25, 0.3) is 5.91 Å². The number of anilines is 1. The van der Waals surface area contributed by atoms with Crippen molar-refractivity contribution < 1.29 is 9.59 Å². The van der Waals surface area contributed by atoms with Gasteiger partial charge < -0.3 is 10.2 Å². The van der Waals surface area contributed by atoms with Gasteiger partial charge in [0, 0.05) is 38.3 Å². The summed E-state index contributed by atoms with van der Waals surface area (Å²) >= 11 is 1.45. The Bertz CT molecular complexity index is 657. The first-order valence-corrected chi connectivity index (χ1v) is 8.15. The molecule has 22 heavy (non-hydrogen) atoms. The zero-order valence-corrected chi connectivity index (χ0v) is 13.2. The molecule has 0 bridgehead atoms. The van der Waals surface area contributed by atoms with E-state index in [2.05, 4.69) is 10.4 Å². The highest BCUT2D eigenvalue weighted by Gasteiger charge is 2.28. The second kappa shape index (κ2) is 6.31. The molecule has 3 rings (SSSR count). The molecule has 2 aromatic rings. The Kier molecular flexibility index (Phi) is 4.24. The Hall–Kier alpha value is -2.15. The summed E-state index contributed by atoms with van der Waals surface area (Å²) in [6.45, 7) is 1.24. The molecule has 0 saturated carbocycles. The van der Waals surface area contributed by atoms with Crippen molar-refractivity contribution in [1.29, 1.82) is 0 Å². The van der Waals surface area contributed by atoms with Crippen LogP contribution in [0.25, 0.3) is 0 Å². The van der Waals surface area contributed by atoms with Gasteiger partial charge in [0.15, 0.2) is 5.82 Å². The van der Waals surface area contributed by atoms with Crippen LogP contribution in [0.1, 0.15) is 22.5 Å². The molecule has 1 N–H and O–H groups in total. The van der Waals surface area contributed by atoms with E-state index in [0.29, 0.717) is 31.7 Å². The number of aryl methyl sites for hydroxylation is 1. The van der Waals surface area contributed by atoms with Gasteiger partial charge in [-0.05, 0) is 24.3 Å². The van der Waals surface area contributed by atoms with Crippen LogP contribution in [0.2, 0.25) is 0 Å². The normalized spacial score (nSPS) is 15.8. The second-order valence-corrected chi connectivity index (χ2v) is 6.36. The number of carbonyl (C=O) groups excluding carboxylic acids is 2. The Morgan fingerprint density at radius 1 is 1.32 bits per heavy atom. The monoisotopic (exact) mass is 318 g/mol. The number of thiophene rings is 1. The van der Waals surface area contributed by atoms with Gasteiger partial charge in [-0.3, -0.25) is 14.3 Å². The van der Waals surface area contributed by atoms with Gasteiger partial charge >= 0.3 is 0 Å². The lowest BCUT2D eigenvalue weighted by Crippen LogP contribution is -2.41. The Morgan fingerprint density at radius 2 is 2.09 bits per heavy atom. The summed E-state index contributed by atoms with van der Waals surface area (Å²) in [6.07, 6.45) is 3.17. The second-order valence-electron chi connectivity index (χ2n) is 5.41. The van der Waals surface area contributed by atoms with Gasteiger partial charge in [-0.15, -0.1) is 11.3 Å². The van der Waals surface area contributed by atoms with E-state index >= 15 is 0 Å². The highest BCUT2D eigenvalue weighted by molar-refractivity contribution is 7.12. The van der Waals surface area contributed by atoms with Gasteiger partial charge in [-0.1, -0.05) is 6.07 Å². The van der Waals surface area contributed by atoms with Gasteiger partial charge in [-0.25, -0.2) is 0 Å². The number of piperidine rings is 1. The molecule has 0 atom stereocenters. The molecule has 7 heteroatoms. The van der Waals surface area contributed by atoms with Crippen LogP contribution in [0.5, 0.6) is 0 Å². The van der Waals surface area contributed by atoms with Gasteiger partial charge in [0.05, 0.1) is 4.88 Å². The molecule has 3 heterocycles. The summed E-state index contributed by atoms with van der Waals surface area (Å²) in [5.74, 6) is 0.569. The third kappa shape index (κ3) is 3.19. The van der Waals surface area contributed by atoms with E-state index in [9.17, 15) is 9.59 Å². The fourth-order valence-corrected chi connectivity index (χ4v) is 3.30. The highest BCUT2D eigenvalue weighted by Crippen LogP contribution is 2.21. The number of amides is 2. The van der Waals surface area contributed by atoms with Crippen molar-refractivity contribution in [2.45, 2.75) is 12.8 Å². The number of hydrogen-bond acceptors (Lipinski definition) is 4. The first kappa shape index (κ1) is 14.8. The molecule has 0 aromatic carbocycles. The number of nitrogens with one attached hydrogen (secondary N) is 1. The lowest BCUT2D eigenvalue weighted by molar-refractivity contribution is -0.121. The lowest BCUT2D eigenvalue weighted by atomic mass is 9.96. The van der Waals surface area contributed by atoms with E-state index in [4.69, 9.17) is 0 Å². The molecule has 2 aromatic heterocycles. The van der Waals surface area contributed by atoms with Crippen LogP contribution in [0, 0.1) is 5.92 Å². The quantitative estimate of drug-likeness (QED) is 0.941. The summed E-state index contributed by atoms with van der Waals surface area (Å²) in [5.41, 5.74) is 0. The van der Waals surface area contributed by atoms with Crippen molar-refractivity contribution >= 4 is 29.0 Å².